The molecule has 0 saturated heterocycles. The largest absolute Gasteiger partial charge is 0.504 e. The van der Waals surface area contributed by atoms with Gasteiger partial charge in [0.15, 0.2) is 23.0 Å². The number of amides is 2. The maximum Gasteiger partial charge on any atom is 0.255 e. The van der Waals surface area contributed by atoms with Crippen LogP contribution in [0.4, 0.5) is 0 Å². The second-order valence-corrected chi connectivity index (χ2v) is 5.41. The zero-order valence-electron chi connectivity index (χ0n) is 13.5. The predicted molar refractivity (Wildman–Crippen MR) is 90.2 cm³/mol. The number of hydrogen-bond acceptors (Lipinski definition) is 7. The van der Waals surface area contributed by atoms with Gasteiger partial charge < -0.3 is 36.2 Å². The Hall–Kier alpha value is -3.46. The Kier molecular flexibility index (Phi) is 5.86. The lowest BCUT2D eigenvalue weighted by atomic mass is 10.1. The van der Waals surface area contributed by atoms with Gasteiger partial charge >= 0.3 is 0 Å². The van der Waals surface area contributed by atoms with Gasteiger partial charge in [-0.1, -0.05) is 12.1 Å². The van der Waals surface area contributed by atoms with Crippen molar-refractivity contribution in [2.45, 2.75) is 6.04 Å². The molecule has 0 spiro atoms. The van der Waals surface area contributed by atoms with E-state index in [1.165, 1.54) is 36.4 Å². The monoisotopic (exact) mass is 362 g/mol. The molecule has 9 heteroatoms. The van der Waals surface area contributed by atoms with Crippen LogP contribution in [0.25, 0.3) is 0 Å². The van der Waals surface area contributed by atoms with Crippen molar-refractivity contribution in [3.63, 3.8) is 0 Å². The average Bonchev–Trinajstić information content (AvgIpc) is 2.62. The number of carbonyl (C=O) groups is 2. The maximum atomic E-state index is 12.1. The van der Waals surface area contributed by atoms with Crippen LogP contribution in [0.2, 0.25) is 0 Å². The Morgan fingerprint density at radius 3 is 1.85 bits per heavy atom. The quantitative estimate of drug-likeness (QED) is 0.357. The third kappa shape index (κ3) is 4.14. The van der Waals surface area contributed by atoms with Crippen molar-refractivity contribution in [2.24, 2.45) is 0 Å². The van der Waals surface area contributed by atoms with E-state index in [1.807, 2.05) is 0 Å². The fourth-order valence-electron chi connectivity index (χ4n) is 2.16. The van der Waals surface area contributed by atoms with Gasteiger partial charge in [0.25, 0.3) is 11.8 Å². The number of phenols is 4. The molecule has 0 aliphatic rings. The minimum atomic E-state index is -0.896. The molecule has 0 bridgehead atoms. The fourth-order valence-corrected chi connectivity index (χ4v) is 2.16. The zero-order chi connectivity index (χ0) is 19.3. The number of benzene rings is 2. The normalized spacial score (nSPS) is 11.6. The number of phenolic OH excluding ortho intramolecular Hbond substituents is 4. The third-order valence-electron chi connectivity index (χ3n) is 3.58. The lowest BCUT2D eigenvalue weighted by molar-refractivity contribution is 0.0884. The summed E-state index contributed by atoms with van der Waals surface area (Å²) >= 11 is 0. The van der Waals surface area contributed by atoms with E-state index in [2.05, 4.69) is 10.6 Å². The first kappa shape index (κ1) is 18.9. The highest BCUT2D eigenvalue weighted by molar-refractivity contribution is 5.98. The molecule has 2 aromatic rings. The van der Waals surface area contributed by atoms with Gasteiger partial charge in [-0.3, -0.25) is 9.59 Å². The van der Waals surface area contributed by atoms with E-state index < -0.39 is 47.5 Å². The highest BCUT2D eigenvalue weighted by Crippen LogP contribution is 2.28. The first-order chi connectivity index (χ1) is 12.3. The fraction of sp³-hybridized carbons (Fsp3) is 0.176. The van der Waals surface area contributed by atoms with Crippen molar-refractivity contribution < 1.29 is 35.1 Å². The summed E-state index contributed by atoms with van der Waals surface area (Å²) in [4.78, 5) is 24.2. The number of rotatable bonds is 6. The molecule has 0 unspecified atom stereocenters. The van der Waals surface area contributed by atoms with E-state index in [9.17, 15) is 35.1 Å². The highest BCUT2D eigenvalue weighted by Gasteiger charge is 2.19. The number of hydrogen-bond donors (Lipinski definition) is 7. The van der Waals surface area contributed by atoms with Crippen LogP contribution in [0.15, 0.2) is 36.4 Å². The maximum absolute atomic E-state index is 12.1. The minimum absolute atomic E-state index is 0.168. The minimum Gasteiger partial charge on any atom is -0.504 e. The van der Waals surface area contributed by atoms with Gasteiger partial charge in [-0.25, -0.2) is 0 Å². The predicted octanol–water partition coefficient (Wildman–Crippen LogP) is 0.0297. The van der Waals surface area contributed by atoms with Crippen molar-refractivity contribution in [3.05, 3.63) is 47.5 Å². The van der Waals surface area contributed by atoms with Gasteiger partial charge in [0.05, 0.1) is 23.8 Å². The van der Waals surface area contributed by atoms with E-state index in [-0.39, 0.29) is 17.7 Å². The van der Waals surface area contributed by atoms with Crippen molar-refractivity contribution in [3.8, 4) is 23.0 Å². The van der Waals surface area contributed by atoms with Crippen molar-refractivity contribution in [2.75, 3.05) is 13.2 Å². The van der Waals surface area contributed by atoms with Gasteiger partial charge in [-0.05, 0) is 24.3 Å². The Balaban J connectivity index is 2.01. The summed E-state index contributed by atoms with van der Waals surface area (Å²) in [5.74, 6) is -3.58. The third-order valence-corrected chi connectivity index (χ3v) is 3.58. The molecule has 7 N–H and O–H groups in total. The standard InChI is InChI=1S/C17H18N2O7/c20-8-9(19-17(26)11-4-2-6-13(22)15(11)24)7-18-16(25)10-3-1-5-12(21)14(10)23/h1-6,9,20-24H,7-8H2,(H,18,25)(H,19,26)/t9-/m0/s1. The van der Waals surface area contributed by atoms with E-state index in [0.717, 1.165) is 0 Å². The van der Waals surface area contributed by atoms with Crippen LogP contribution < -0.4 is 10.6 Å². The summed E-state index contributed by atoms with van der Waals surface area (Å²) < 4.78 is 0. The molecule has 0 aliphatic heterocycles. The van der Waals surface area contributed by atoms with Crippen LogP contribution >= 0.6 is 0 Å². The van der Waals surface area contributed by atoms with Crippen molar-refractivity contribution in [1.29, 1.82) is 0 Å². The number of nitrogens with one attached hydrogen (secondary N) is 2. The molecular weight excluding hydrogens is 344 g/mol. The van der Waals surface area contributed by atoms with E-state index in [4.69, 9.17) is 0 Å². The van der Waals surface area contributed by atoms with Crippen LogP contribution in [-0.2, 0) is 0 Å². The SMILES string of the molecule is O=C(NC[C@@H](CO)NC(=O)c1cccc(O)c1O)c1cccc(O)c1O. The molecule has 0 aliphatic carbocycles. The molecule has 9 nitrogen and oxygen atoms in total. The van der Waals surface area contributed by atoms with Crippen molar-refractivity contribution >= 4 is 11.8 Å². The van der Waals surface area contributed by atoms with E-state index in [0.29, 0.717) is 0 Å². The number of carbonyl (C=O) groups excluding carboxylic acids is 2. The topological polar surface area (TPSA) is 159 Å². The van der Waals surface area contributed by atoms with Gasteiger partial charge in [-0.15, -0.1) is 0 Å². The molecule has 0 radical (unpaired) electrons. The molecule has 0 saturated carbocycles. The smallest absolute Gasteiger partial charge is 0.255 e. The van der Waals surface area contributed by atoms with Crippen LogP contribution in [0.1, 0.15) is 20.7 Å². The molecule has 2 aromatic carbocycles. The van der Waals surface area contributed by atoms with Gasteiger partial charge in [-0.2, -0.15) is 0 Å². The van der Waals surface area contributed by atoms with Crippen LogP contribution in [-0.4, -0.2) is 56.5 Å². The van der Waals surface area contributed by atoms with Crippen molar-refractivity contribution in [1.82, 2.24) is 10.6 Å². The van der Waals surface area contributed by atoms with Crippen LogP contribution in [0.5, 0.6) is 23.0 Å². The van der Waals surface area contributed by atoms with Gasteiger partial charge in [0.1, 0.15) is 0 Å². The van der Waals surface area contributed by atoms with Gasteiger partial charge in [0, 0.05) is 6.54 Å². The summed E-state index contributed by atoms with van der Waals surface area (Å²) in [6, 6.07) is 6.84. The molecular formula is C17H18N2O7. The number of aliphatic hydroxyl groups is 1. The Labute approximate surface area is 148 Å². The molecule has 0 heterocycles. The number of aliphatic hydroxyl groups excluding tert-OH is 1. The molecule has 138 valence electrons. The summed E-state index contributed by atoms with van der Waals surface area (Å²) in [5, 5.41) is 52.3. The Morgan fingerprint density at radius 1 is 0.846 bits per heavy atom. The summed E-state index contributed by atoms with van der Waals surface area (Å²) in [6.07, 6.45) is 0. The Morgan fingerprint density at radius 2 is 1.35 bits per heavy atom. The molecule has 0 fully saturated rings. The molecule has 26 heavy (non-hydrogen) atoms. The molecule has 2 amide bonds. The lowest BCUT2D eigenvalue weighted by Crippen LogP contribution is -2.45. The molecule has 1 atom stereocenters. The van der Waals surface area contributed by atoms with Gasteiger partial charge in [0.2, 0.25) is 0 Å². The molecule has 0 aromatic heterocycles. The van der Waals surface area contributed by atoms with Crippen LogP contribution in [0, 0.1) is 0 Å². The first-order valence-electron chi connectivity index (χ1n) is 7.57. The highest BCUT2D eigenvalue weighted by atomic mass is 16.3. The van der Waals surface area contributed by atoms with E-state index in [1.54, 1.807) is 0 Å². The van der Waals surface area contributed by atoms with Crippen LogP contribution in [0.3, 0.4) is 0 Å². The lowest BCUT2D eigenvalue weighted by Gasteiger charge is -2.18. The summed E-state index contributed by atoms with van der Waals surface area (Å²) in [5.41, 5.74) is -0.362. The molecule has 2 rings (SSSR count). The second-order valence-electron chi connectivity index (χ2n) is 5.41. The zero-order valence-corrected chi connectivity index (χ0v) is 13.5. The van der Waals surface area contributed by atoms with E-state index >= 15 is 0 Å². The summed E-state index contributed by atoms with van der Waals surface area (Å²) in [7, 11) is 0. The first-order valence-corrected chi connectivity index (χ1v) is 7.57. The summed E-state index contributed by atoms with van der Waals surface area (Å²) in [6.45, 7) is -0.701. The Bertz CT molecular complexity index is 823. The average molecular weight is 362 g/mol. The number of para-hydroxylation sites is 2. The second kappa shape index (κ2) is 8.08. The number of aromatic hydroxyl groups is 4.